The Kier molecular flexibility index (Phi) is 8.99. The number of ether oxygens (including phenoxy) is 2. The van der Waals surface area contributed by atoms with Crippen LogP contribution in [0.4, 0.5) is 26.3 Å². The first-order valence-corrected chi connectivity index (χ1v) is 11.3. The van der Waals surface area contributed by atoms with Crippen molar-refractivity contribution in [3.63, 3.8) is 0 Å². The number of aldehydes is 1. The molecule has 0 bridgehead atoms. The number of benzene rings is 1. The van der Waals surface area contributed by atoms with E-state index in [1.165, 1.54) is 0 Å². The maximum absolute atomic E-state index is 13.0. The molecule has 3 unspecified atom stereocenters. The Morgan fingerprint density at radius 2 is 1.76 bits per heavy atom. The fourth-order valence-corrected chi connectivity index (χ4v) is 4.87. The zero-order chi connectivity index (χ0) is 24.9. The predicted octanol–water partition coefficient (Wildman–Crippen LogP) is 4.19. The summed E-state index contributed by atoms with van der Waals surface area (Å²) in [7, 11) is 1.63. The van der Waals surface area contributed by atoms with Crippen LogP contribution in [0.3, 0.4) is 0 Å². The molecule has 1 aromatic rings. The summed E-state index contributed by atoms with van der Waals surface area (Å²) in [6.45, 7) is 1.39. The SMILES string of the molecule is COC1COCCC1N[C@@H]1CC(CCNCc2cc(C(F)(F)F)cc(C(F)(F)F)c2)[C@H](C=O)C1. The second-order valence-corrected chi connectivity index (χ2v) is 9.02. The highest BCUT2D eigenvalue weighted by Crippen LogP contribution is 2.37. The van der Waals surface area contributed by atoms with E-state index < -0.39 is 23.5 Å². The Hall–Kier alpha value is -1.69. The quantitative estimate of drug-likeness (QED) is 0.305. The number of alkyl halides is 6. The average molecular weight is 496 g/mol. The molecule has 5 nitrogen and oxygen atoms in total. The first-order valence-electron chi connectivity index (χ1n) is 11.3. The first kappa shape index (κ1) is 26.9. The number of carbonyl (C=O) groups excluding carboxylic acids is 1. The molecule has 1 saturated heterocycles. The summed E-state index contributed by atoms with van der Waals surface area (Å²) < 4.78 is 89.0. The van der Waals surface area contributed by atoms with Crippen LogP contribution < -0.4 is 10.6 Å². The molecule has 5 atom stereocenters. The summed E-state index contributed by atoms with van der Waals surface area (Å²) in [4.78, 5) is 11.6. The molecule has 192 valence electrons. The topological polar surface area (TPSA) is 59.6 Å². The highest BCUT2D eigenvalue weighted by Gasteiger charge is 2.38. The van der Waals surface area contributed by atoms with Crippen LogP contribution in [0.1, 0.15) is 42.4 Å². The normalized spacial score (nSPS) is 28.3. The second-order valence-electron chi connectivity index (χ2n) is 9.02. The van der Waals surface area contributed by atoms with Gasteiger partial charge in [-0.15, -0.1) is 0 Å². The van der Waals surface area contributed by atoms with Gasteiger partial charge in [0.15, 0.2) is 0 Å². The van der Waals surface area contributed by atoms with E-state index in [4.69, 9.17) is 9.47 Å². The van der Waals surface area contributed by atoms with Gasteiger partial charge in [-0.2, -0.15) is 26.3 Å². The highest BCUT2D eigenvalue weighted by atomic mass is 19.4. The highest BCUT2D eigenvalue weighted by molar-refractivity contribution is 5.55. The predicted molar refractivity (Wildman–Crippen MR) is 112 cm³/mol. The lowest BCUT2D eigenvalue weighted by molar-refractivity contribution is -0.143. The maximum atomic E-state index is 13.0. The Morgan fingerprint density at radius 3 is 2.35 bits per heavy atom. The van der Waals surface area contributed by atoms with E-state index >= 15 is 0 Å². The minimum atomic E-state index is -4.87. The molecule has 3 rings (SSSR count). The van der Waals surface area contributed by atoms with Gasteiger partial charge in [0, 0.05) is 38.3 Å². The number of carbonyl (C=O) groups is 1. The Balaban J connectivity index is 1.53. The molecule has 2 N–H and O–H groups in total. The fourth-order valence-electron chi connectivity index (χ4n) is 4.87. The monoisotopic (exact) mass is 496 g/mol. The van der Waals surface area contributed by atoms with Crippen molar-refractivity contribution in [2.45, 2.75) is 62.8 Å². The third-order valence-electron chi connectivity index (χ3n) is 6.65. The van der Waals surface area contributed by atoms with Gasteiger partial charge in [-0.05, 0) is 61.9 Å². The Labute approximate surface area is 194 Å². The van der Waals surface area contributed by atoms with Crippen molar-refractivity contribution >= 4 is 6.29 Å². The van der Waals surface area contributed by atoms with Crippen molar-refractivity contribution in [2.24, 2.45) is 11.8 Å². The molecular weight excluding hydrogens is 466 g/mol. The molecule has 0 amide bonds. The lowest BCUT2D eigenvalue weighted by Crippen LogP contribution is -2.50. The molecule has 1 aliphatic heterocycles. The zero-order valence-electron chi connectivity index (χ0n) is 18.8. The molecule has 1 saturated carbocycles. The number of hydrogen-bond acceptors (Lipinski definition) is 5. The molecule has 1 heterocycles. The van der Waals surface area contributed by atoms with Gasteiger partial charge >= 0.3 is 12.4 Å². The minimum absolute atomic E-state index is 0.0572. The van der Waals surface area contributed by atoms with E-state index in [0.29, 0.717) is 32.6 Å². The number of halogens is 6. The van der Waals surface area contributed by atoms with Crippen molar-refractivity contribution in [3.8, 4) is 0 Å². The minimum Gasteiger partial charge on any atom is -0.379 e. The largest absolute Gasteiger partial charge is 0.416 e. The number of rotatable bonds is 9. The standard InChI is InChI=1S/C23H30F6N2O3/c1-33-21-13-34-5-3-20(21)31-19-8-15(16(9-19)12-32)2-4-30-11-14-6-17(22(24,25)26)10-18(7-14)23(27,28)29/h6-7,10,12,15-16,19-21,30-31H,2-5,8-9,11,13H2,1H3/t15?,16-,19+,20?,21?/m0/s1. The lowest BCUT2D eigenvalue weighted by Gasteiger charge is -2.33. The number of hydrogen-bond donors (Lipinski definition) is 2. The van der Waals surface area contributed by atoms with Crippen LogP contribution in [-0.4, -0.2) is 51.3 Å². The summed E-state index contributed by atoms with van der Waals surface area (Å²) in [5.74, 6) is -0.0684. The Morgan fingerprint density at radius 1 is 1.09 bits per heavy atom. The number of nitrogens with one attached hydrogen (secondary N) is 2. The van der Waals surface area contributed by atoms with Crippen LogP contribution in [0, 0.1) is 11.8 Å². The van der Waals surface area contributed by atoms with Gasteiger partial charge in [0.05, 0.1) is 23.8 Å². The van der Waals surface area contributed by atoms with Crippen LogP contribution in [-0.2, 0) is 33.2 Å². The van der Waals surface area contributed by atoms with E-state index in [2.05, 4.69) is 10.6 Å². The summed E-state index contributed by atoms with van der Waals surface area (Å²) in [5, 5.41) is 6.51. The van der Waals surface area contributed by atoms with Crippen molar-refractivity contribution < 1.29 is 40.6 Å². The van der Waals surface area contributed by atoms with Crippen molar-refractivity contribution in [1.29, 1.82) is 0 Å². The summed E-state index contributed by atoms with van der Waals surface area (Å²) in [5.41, 5.74) is -2.75. The van der Waals surface area contributed by atoms with E-state index in [1.807, 2.05) is 0 Å². The molecule has 0 spiro atoms. The average Bonchev–Trinajstić information content (AvgIpc) is 3.17. The third-order valence-corrected chi connectivity index (χ3v) is 6.65. The van der Waals surface area contributed by atoms with Crippen LogP contribution in [0.25, 0.3) is 0 Å². The van der Waals surface area contributed by atoms with Gasteiger partial charge < -0.3 is 24.9 Å². The molecule has 0 aromatic heterocycles. The van der Waals surface area contributed by atoms with Gasteiger partial charge in [0.1, 0.15) is 6.29 Å². The van der Waals surface area contributed by atoms with E-state index in [0.717, 1.165) is 31.3 Å². The second kappa shape index (κ2) is 11.4. The first-order chi connectivity index (χ1) is 16.0. The van der Waals surface area contributed by atoms with Gasteiger partial charge in [0.2, 0.25) is 0 Å². The van der Waals surface area contributed by atoms with Crippen LogP contribution in [0.15, 0.2) is 18.2 Å². The molecule has 2 aliphatic rings. The molecule has 34 heavy (non-hydrogen) atoms. The lowest BCUT2D eigenvalue weighted by atomic mass is 9.94. The smallest absolute Gasteiger partial charge is 0.379 e. The Bertz CT molecular complexity index is 785. The third kappa shape index (κ3) is 7.16. The van der Waals surface area contributed by atoms with Crippen molar-refractivity contribution in [2.75, 3.05) is 26.9 Å². The van der Waals surface area contributed by atoms with E-state index in [-0.39, 0.29) is 48.2 Å². The molecule has 1 aromatic carbocycles. The summed E-state index contributed by atoms with van der Waals surface area (Å²) >= 11 is 0. The van der Waals surface area contributed by atoms with Gasteiger partial charge in [-0.3, -0.25) is 0 Å². The maximum Gasteiger partial charge on any atom is 0.416 e. The fraction of sp³-hybridized carbons (Fsp3) is 0.696. The van der Waals surface area contributed by atoms with E-state index in [1.54, 1.807) is 7.11 Å². The van der Waals surface area contributed by atoms with Crippen molar-refractivity contribution in [3.05, 3.63) is 34.9 Å². The molecule has 1 aliphatic carbocycles. The zero-order valence-corrected chi connectivity index (χ0v) is 18.8. The van der Waals surface area contributed by atoms with Crippen LogP contribution in [0.5, 0.6) is 0 Å². The van der Waals surface area contributed by atoms with Crippen molar-refractivity contribution in [1.82, 2.24) is 10.6 Å². The van der Waals surface area contributed by atoms with Crippen LogP contribution in [0.2, 0.25) is 0 Å². The van der Waals surface area contributed by atoms with E-state index in [9.17, 15) is 31.1 Å². The van der Waals surface area contributed by atoms with Gasteiger partial charge in [0.25, 0.3) is 0 Å². The van der Waals surface area contributed by atoms with Gasteiger partial charge in [-0.1, -0.05) is 0 Å². The summed E-state index contributed by atoms with van der Waals surface area (Å²) in [6.07, 6.45) is -6.01. The van der Waals surface area contributed by atoms with Gasteiger partial charge in [-0.25, -0.2) is 0 Å². The molecule has 11 heteroatoms. The molecule has 0 radical (unpaired) electrons. The molecule has 2 fully saturated rings. The number of methoxy groups -OCH3 is 1. The molecular formula is C23H30F6N2O3. The van der Waals surface area contributed by atoms with Crippen LogP contribution >= 0.6 is 0 Å². The summed E-state index contributed by atoms with van der Waals surface area (Å²) in [6, 6.07) is 1.85.